The zero-order chi connectivity index (χ0) is 28.4. The molecule has 0 bridgehead atoms. The molecule has 0 spiro atoms. The normalized spacial score (nSPS) is 31.1. The lowest BCUT2D eigenvalue weighted by atomic mass is 9.55. The molecule has 0 radical (unpaired) electrons. The number of aliphatic hydroxyl groups is 2. The van der Waals surface area contributed by atoms with Crippen molar-refractivity contribution in [1.82, 2.24) is 0 Å². The summed E-state index contributed by atoms with van der Waals surface area (Å²) in [5.41, 5.74) is 1.94. The maximum atomic E-state index is 11.6. The molecule has 1 aromatic rings. The molecule has 0 saturated heterocycles. The van der Waals surface area contributed by atoms with E-state index in [4.69, 9.17) is 23.7 Å². The smallest absolute Gasteiger partial charge is 0.115 e. The Kier molecular flexibility index (Phi) is 12.8. The molecule has 40 heavy (non-hydrogen) atoms. The lowest BCUT2D eigenvalue weighted by molar-refractivity contribution is -0.0793. The number of aryl methyl sites for hydroxylation is 1. The SMILES string of the molecule is C[C@]12CC[C@@H]3c4ccc(O)cc4CC[C@H]3[C@@H]1C[C@@](CO)(CCOCCOCCOCCOCCOCCI)[C@@H]2O. The van der Waals surface area contributed by atoms with E-state index in [1.54, 1.807) is 0 Å². The van der Waals surface area contributed by atoms with E-state index in [1.165, 1.54) is 11.1 Å². The van der Waals surface area contributed by atoms with Crippen molar-refractivity contribution >= 4 is 22.6 Å². The Bertz CT molecular complexity index is 902. The first-order valence-corrected chi connectivity index (χ1v) is 16.5. The number of aromatic hydroxyl groups is 1. The number of aliphatic hydroxyl groups excluding tert-OH is 2. The molecule has 0 unspecified atom stereocenters. The molecule has 4 rings (SSSR count). The van der Waals surface area contributed by atoms with Gasteiger partial charge >= 0.3 is 0 Å². The summed E-state index contributed by atoms with van der Waals surface area (Å²) in [4.78, 5) is 0. The number of fused-ring (bicyclic) bond motifs is 5. The molecular weight excluding hydrogens is 627 g/mol. The van der Waals surface area contributed by atoms with Crippen LogP contribution in [0.3, 0.4) is 0 Å². The van der Waals surface area contributed by atoms with Gasteiger partial charge in [-0.15, -0.1) is 0 Å². The summed E-state index contributed by atoms with van der Waals surface area (Å²) in [6.45, 7) is 7.76. The van der Waals surface area contributed by atoms with Gasteiger partial charge in [-0.2, -0.15) is 0 Å². The minimum atomic E-state index is -0.540. The first-order valence-electron chi connectivity index (χ1n) is 15.0. The Balaban J connectivity index is 1.13. The van der Waals surface area contributed by atoms with Crippen LogP contribution in [0.25, 0.3) is 0 Å². The Morgan fingerprint density at radius 2 is 1.48 bits per heavy atom. The second-order valence-corrected chi connectivity index (χ2v) is 13.0. The zero-order valence-corrected chi connectivity index (χ0v) is 26.2. The first-order chi connectivity index (χ1) is 19.4. The fourth-order valence-electron chi connectivity index (χ4n) is 7.67. The van der Waals surface area contributed by atoms with E-state index in [-0.39, 0.29) is 12.0 Å². The van der Waals surface area contributed by atoms with Crippen molar-refractivity contribution < 1.29 is 39.0 Å². The highest BCUT2D eigenvalue weighted by molar-refractivity contribution is 14.1. The number of phenolic OH excluding ortho intramolecular Hbond substituents is 1. The third-order valence-corrected chi connectivity index (χ3v) is 10.2. The first kappa shape index (κ1) is 32.4. The van der Waals surface area contributed by atoms with Crippen molar-refractivity contribution in [2.45, 2.75) is 57.5 Å². The third-order valence-electron chi connectivity index (χ3n) is 9.75. The fourth-order valence-corrected chi connectivity index (χ4v) is 7.98. The Morgan fingerprint density at radius 3 is 2.08 bits per heavy atom. The topological polar surface area (TPSA) is 107 Å². The van der Waals surface area contributed by atoms with Gasteiger partial charge in [-0.3, -0.25) is 0 Å². The minimum Gasteiger partial charge on any atom is -0.508 e. The van der Waals surface area contributed by atoms with E-state index in [0.717, 1.165) is 43.1 Å². The maximum absolute atomic E-state index is 11.6. The second kappa shape index (κ2) is 15.8. The van der Waals surface area contributed by atoms with Crippen LogP contribution >= 0.6 is 22.6 Å². The molecule has 3 N–H and O–H groups in total. The zero-order valence-electron chi connectivity index (χ0n) is 24.0. The number of alkyl halides is 1. The maximum Gasteiger partial charge on any atom is 0.115 e. The average Bonchev–Trinajstić information content (AvgIpc) is 3.19. The van der Waals surface area contributed by atoms with Crippen LogP contribution in [0.1, 0.15) is 56.1 Å². The van der Waals surface area contributed by atoms with Crippen molar-refractivity contribution in [3.8, 4) is 5.75 Å². The molecular formula is C31H49IO8. The van der Waals surface area contributed by atoms with Crippen LogP contribution in [0.15, 0.2) is 18.2 Å². The van der Waals surface area contributed by atoms with Gasteiger partial charge in [0.15, 0.2) is 0 Å². The third kappa shape index (κ3) is 7.70. The molecule has 6 atom stereocenters. The molecule has 0 aromatic heterocycles. The summed E-state index contributed by atoms with van der Waals surface area (Å²) < 4.78 is 28.8. The van der Waals surface area contributed by atoms with Crippen molar-refractivity contribution in [3.05, 3.63) is 29.3 Å². The Labute approximate surface area is 253 Å². The van der Waals surface area contributed by atoms with Gasteiger partial charge in [0.2, 0.25) is 0 Å². The summed E-state index contributed by atoms with van der Waals surface area (Å²) in [5, 5.41) is 32.2. The number of halogens is 1. The van der Waals surface area contributed by atoms with Gasteiger partial charge in [-0.05, 0) is 85.0 Å². The molecule has 3 aliphatic carbocycles. The summed E-state index contributed by atoms with van der Waals surface area (Å²) >= 11 is 2.28. The van der Waals surface area contributed by atoms with Gasteiger partial charge in [0.1, 0.15) is 5.75 Å². The van der Waals surface area contributed by atoms with E-state index in [0.29, 0.717) is 89.4 Å². The van der Waals surface area contributed by atoms with E-state index >= 15 is 0 Å². The van der Waals surface area contributed by atoms with Crippen LogP contribution in [0, 0.1) is 22.7 Å². The summed E-state index contributed by atoms with van der Waals surface area (Å²) in [7, 11) is 0. The van der Waals surface area contributed by atoms with Crippen LogP contribution in [0.2, 0.25) is 0 Å². The van der Waals surface area contributed by atoms with Gasteiger partial charge in [0, 0.05) is 16.4 Å². The quantitative estimate of drug-likeness (QED) is 0.121. The molecule has 3 aliphatic rings. The largest absolute Gasteiger partial charge is 0.508 e. The highest BCUT2D eigenvalue weighted by Crippen LogP contribution is 2.66. The van der Waals surface area contributed by atoms with Crippen LogP contribution in [0.4, 0.5) is 0 Å². The summed E-state index contributed by atoms with van der Waals surface area (Å²) in [6.07, 6.45) is 4.99. The predicted molar refractivity (Wildman–Crippen MR) is 161 cm³/mol. The Morgan fingerprint density at radius 1 is 0.875 bits per heavy atom. The highest BCUT2D eigenvalue weighted by Gasteiger charge is 2.63. The molecule has 2 saturated carbocycles. The Hall–Kier alpha value is -0.530. The molecule has 0 heterocycles. The second-order valence-electron chi connectivity index (χ2n) is 12.0. The predicted octanol–water partition coefficient (Wildman–Crippen LogP) is 4.11. The number of benzene rings is 1. The van der Waals surface area contributed by atoms with E-state index in [2.05, 4.69) is 35.6 Å². The molecule has 2 fully saturated rings. The average molecular weight is 677 g/mol. The van der Waals surface area contributed by atoms with Crippen LogP contribution in [0.5, 0.6) is 5.75 Å². The van der Waals surface area contributed by atoms with Gasteiger partial charge in [-0.25, -0.2) is 0 Å². The van der Waals surface area contributed by atoms with Gasteiger partial charge < -0.3 is 39.0 Å². The minimum absolute atomic E-state index is 0.0194. The van der Waals surface area contributed by atoms with Crippen LogP contribution < -0.4 is 0 Å². The lowest BCUT2D eigenvalue weighted by Crippen LogP contribution is -2.46. The molecule has 228 valence electrons. The van der Waals surface area contributed by atoms with Crippen LogP contribution in [-0.2, 0) is 30.1 Å². The van der Waals surface area contributed by atoms with Gasteiger partial charge in [0.25, 0.3) is 0 Å². The number of ether oxygens (including phenoxy) is 5. The lowest BCUT2D eigenvalue weighted by Gasteiger charge is -2.50. The summed E-state index contributed by atoms with van der Waals surface area (Å²) in [6, 6.07) is 5.85. The van der Waals surface area contributed by atoms with Crippen molar-refractivity contribution in [1.29, 1.82) is 0 Å². The summed E-state index contributed by atoms with van der Waals surface area (Å²) in [5.74, 6) is 1.69. The fraction of sp³-hybridized carbons (Fsp3) is 0.806. The number of phenols is 1. The molecule has 9 heteroatoms. The van der Waals surface area contributed by atoms with E-state index in [1.807, 2.05) is 12.1 Å². The van der Waals surface area contributed by atoms with Crippen molar-refractivity contribution in [2.24, 2.45) is 22.7 Å². The molecule has 1 aromatic carbocycles. The number of hydrogen-bond acceptors (Lipinski definition) is 8. The van der Waals surface area contributed by atoms with E-state index < -0.39 is 11.5 Å². The van der Waals surface area contributed by atoms with Gasteiger partial charge in [0.05, 0.1) is 72.2 Å². The van der Waals surface area contributed by atoms with E-state index in [9.17, 15) is 15.3 Å². The standard InChI is InChI=1S/C31H49IO8/c1-30-7-6-26-25-5-3-24(34)20-23(25)2-4-27(26)28(30)21-31(22-33,29(30)35)8-10-36-12-14-38-16-18-40-19-17-39-15-13-37-11-9-32/h3,5,20,26-29,33-35H,2,4,6-19,21-22H2,1H3/t26-,27-,28+,29-,30+,31-/m1/s1. The van der Waals surface area contributed by atoms with Crippen molar-refractivity contribution in [3.63, 3.8) is 0 Å². The van der Waals surface area contributed by atoms with Crippen LogP contribution in [-0.4, -0.2) is 98.5 Å². The molecule has 0 aliphatic heterocycles. The van der Waals surface area contributed by atoms with Crippen molar-refractivity contribution in [2.75, 3.05) is 77.1 Å². The highest BCUT2D eigenvalue weighted by atomic mass is 127. The molecule has 0 amide bonds. The van der Waals surface area contributed by atoms with Gasteiger partial charge in [-0.1, -0.05) is 35.6 Å². The number of hydrogen-bond donors (Lipinski definition) is 3. The molecule has 8 nitrogen and oxygen atoms in total. The number of rotatable bonds is 18. The monoisotopic (exact) mass is 676 g/mol.